The Balaban J connectivity index is 2.51. The van der Waals surface area contributed by atoms with E-state index in [1.807, 2.05) is 43.3 Å². The lowest BCUT2D eigenvalue weighted by molar-refractivity contribution is 0.261. The van der Waals surface area contributed by atoms with Crippen molar-refractivity contribution in [2.24, 2.45) is 0 Å². The molecule has 0 aliphatic carbocycles. The van der Waals surface area contributed by atoms with Gasteiger partial charge >= 0.3 is 0 Å². The molecule has 98 valence electrons. The van der Waals surface area contributed by atoms with Crippen molar-refractivity contribution in [1.82, 2.24) is 4.90 Å². The van der Waals surface area contributed by atoms with Crippen molar-refractivity contribution in [1.29, 1.82) is 10.5 Å². The first-order valence-corrected chi connectivity index (χ1v) is 5.80. The summed E-state index contributed by atoms with van der Waals surface area (Å²) in [6.07, 6.45) is 1.38. The standard InChI is InChI=1S/C14H16N4O/c1-18(2)7-8-19-14-5-3-13(4-6-14)17-11-12(9-15)10-16/h3-6,11,17H,7-8H2,1-2H3. The molecule has 0 fully saturated rings. The Kier molecular flexibility index (Phi) is 5.94. The summed E-state index contributed by atoms with van der Waals surface area (Å²) in [5, 5.41) is 20.0. The highest BCUT2D eigenvalue weighted by Gasteiger charge is 1.96. The maximum atomic E-state index is 8.59. The SMILES string of the molecule is CN(C)CCOc1ccc(NC=C(C#N)C#N)cc1. The smallest absolute Gasteiger partial charge is 0.145 e. The van der Waals surface area contributed by atoms with Gasteiger partial charge in [0.05, 0.1) is 0 Å². The van der Waals surface area contributed by atoms with Gasteiger partial charge in [0.25, 0.3) is 0 Å². The van der Waals surface area contributed by atoms with Crippen LogP contribution in [0.4, 0.5) is 5.69 Å². The predicted octanol–water partition coefficient (Wildman–Crippen LogP) is 1.97. The lowest BCUT2D eigenvalue weighted by Gasteiger charge is -2.11. The lowest BCUT2D eigenvalue weighted by atomic mass is 10.3. The molecule has 1 N–H and O–H groups in total. The van der Waals surface area contributed by atoms with E-state index in [4.69, 9.17) is 15.3 Å². The van der Waals surface area contributed by atoms with Gasteiger partial charge in [-0.3, -0.25) is 0 Å². The maximum absolute atomic E-state index is 8.59. The minimum atomic E-state index is 0.0336. The number of nitrogens with zero attached hydrogens (tertiary/aromatic N) is 3. The number of rotatable bonds is 6. The highest BCUT2D eigenvalue weighted by atomic mass is 16.5. The molecule has 0 aromatic heterocycles. The van der Waals surface area contributed by atoms with Crippen molar-refractivity contribution < 1.29 is 4.74 Å². The number of hydrogen-bond donors (Lipinski definition) is 1. The topological polar surface area (TPSA) is 72.1 Å². The summed E-state index contributed by atoms with van der Waals surface area (Å²) in [7, 11) is 3.98. The van der Waals surface area contributed by atoms with Crippen LogP contribution in [0, 0.1) is 22.7 Å². The average Bonchev–Trinajstić information content (AvgIpc) is 2.41. The van der Waals surface area contributed by atoms with Gasteiger partial charge in [-0.05, 0) is 38.4 Å². The van der Waals surface area contributed by atoms with Gasteiger partial charge in [-0.1, -0.05) is 0 Å². The van der Waals surface area contributed by atoms with E-state index in [0.717, 1.165) is 18.0 Å². The zero-order chi connectivity index (χ0) is 14.1. The average molecular weight is 256 g/mol. The van der Waals surface area contributed by atoms with E-state index in [1.165, 1.54) is 6.20 Å². The summed E-state index contributed by atoms with van der Waals surface area (Å²) < 4.78 is 5.55. The third-order valence-corrected chi connectivity index (χ3v) is 2.29. The van der Waals surface area contributed by atoms with Crippen molar-refractivity contribution in [3.8, 4) is 17.9 Å². The molecule has 0 spiro atoms. The number of hydrogen-bond acceptors (Lipinski definition) is 5. The third kappa shape index (κ3) is 5.58. The molecule has 5 nitrogen and oxygen atoms in total. The monoisotopic (exact) mass is 256 g/mol. The van der Waals surface area contributed by atoms with Crippen molar-refractivity contribution >= 4 is 5.69 Å². The van der Waals surface area contributed by atoms with Gasteiger partial charge in [0, 0.05) is 18.4 Å². The molecule has 1 aromatic carbocycles. The molecule has 0 saturated carbocycles. The lowest BCUT2D eigenvalue weighted by Crippen LogP contribution is -2.19. The summed E-state index contributed by atoms with van der Waals surface area (Å²) in [6.45, 7) is 1.49. The Morgan fingerprint density at radius 3 is 2.42 bits per heavy atom. The second-order valence-electron chi connectivity index (χ2n) is 4.10. The molecular weight excluding hydrogens is 240 g/mol. The van der Waals surface area contributed by atoms with Crippen LogP contribution in [0.2, 0.25) is 0 Å². The van der Waals surface area contributed by atoms with Gasteiger partial charge in [-0.2, -0.15) is 10.5 Å². The van der Waals surface area contributed by atoms with Crippen LogP contribution in [-0.4, -0.2) is 32.1 Å². The van der Waals surface area contributed by atoms with Crippen molar-refractivity contribution in [3.63, 3.8) is 0 Å². The summed E-state index contributed by atoms with van der Waals surface area (Å²) >= 11 is 0. The first-order valence-electron chi connectivity index (χ1n) is 5.80. The molecule has 1 aromatic rings. The van der Waals surface area contributed by atoms with Crippen LogP contribution in [-0.2, 0) is 0 Å². The minimum absolute atomic E-state index is 0.0336. The van der Waals surface area contributed by atoms with Gasteiger partial charge in [-0.15, -0.1) is 0 Å². The highest BCUT2D eigenvalue weighted by Crippen LogP contribution is 2.15. The Morgan fingerprint density at radius 1 is 1.26 bits per heavy atom. The molecule has 5 heteroatoms. The second kappa shape index (κ2) is 7.75. The summed E-state index contributed by atoms with van der Waals surface area (Å²) in [5.74, 6) is 0.789. The van der Waals surface area contributed by atoms with Crippen LogP contribution in [0.3, 0.4) is 0 Å². The highest BCUT2D eigenvalue weighted by molar-refractivity contribution is 5.51. The Morgan fingerprint density at radius 2 is 1.89 bits per heavy atom. The fraction of sp³-hybridized carbons (Fsp3) is 0.286. The molecule has 0 aliphatic heterocycles. The number of anilines is 1. The van der Waals surface area contributed by atoms with E-state index in [0.29, 0.717) is 6.61 Å². The number of likely N-dealkylation sites (N-methyl/N-ethyl adjacent to an activating group) is 1. The number of ether oxygens (including phenoxy) is 1. The normalized spacial score (nSPS) is 9.32. The van der Waals surface area contributed by atoms with Gasteiger partial charge < -0.3 is 15.0 Å². The molecule has 0 unspecified atom stereocenters. The van der Waals surface area contributed by atoms with Crippen molar-refractivity contribution in [2.45, 2.75) is 0 Å². The molecule has 0 bridgehead atoms. The van der Waals surface area contributed by atoms with Gasteiger partial charge in [-0.25, -0.2) is 0 Å². The van der Waals surface area contributed by atoms with Gasteiger partial charge in [0.1, 0.15) is 30.1 Å². The van der Waals surface area contributed by atoms with E-state index in [1.54, 1.807) is 12.1 Å². The first kappa shape index (κ1) is 14.6. The van der Waals surface area contributed by atoms with Gasteiger partial charge in [0.15, 0.2) is 0 Å². The molecule has 0 amide bonds. The molecule has 1 rings (SSSR count). The Labute approximate surface area is 113 Å². The van der Waals surface area contributed by atoms with Gasteiger partial charge in [0.2, 0.25) is 0 Å². The number of nitriles is 2. The number of allylic oxidation sites excluding steroid dienone is 1. The first-order chi connectivity index (χ1) is 9.15. The summed E-state index contributed by atoms with van der Waals surface area (Å²) in [4.78, 5) is 2.05. The van der Waals surface area contributed by atoms with E-state index < -0.39 is 0 Å². The zero-order valence-corrected chi connectivity index (χ0v) is 11.1. The Bertz CT molecular complexity index is 490. The van der Waals surface area contributed by atoms with Crippen LogP contribution >= 0.6 is 0 Å². The fourth-order valence-corrected chi connectivity index (χ4v) is 1.24. The molecular formula is C14H16N4O. The summed E-state index contributed by atoms with van der Waals surface area (Å²) in [5.41, 5.74) is 0.828. The van der Waals surface area contributed by atoms with E-state index in [9.17, 15) is 0 Å². The zero-order valence-electron chi connectivity index (χ0n) is 11.1. The van der Waals surface area contributed by atoms with Crippen LogP contribution in [0.15, 0.2) is 36.0 Å². The van der Waals surface area contributed by atoms with Crippen LogP contribution in [0.25, 0.3) is 0 Å². The second-order valence-corrected chi connectivity index (χ2v) is 4.10. The van der Waals surface area contributed by atoms with E-state index >= 15 is 0 Å². The van der Waals surface area contributed by atoms with Crippen LogP contribution in [0.5, 0.6) is 5.75 Å². The number of nitrogens with one attached hydrogen (secondary N) is 1. The number of benzene rings is 1. The Hall–Kier alpha value is -2.50. The third-order valence-electron chi connectivity index (χ3n) is 2.29. The fourth-order valence-electron chi connectivity index (χ4n) is 1.24. The van der Waals surface area contributed by atoms with Crippen molar-refractivity contribution in [3.05, 3.63) is 36.0 Å². The molecule has 0 saturated heterocycles. The molecule has 0 aliphatic rings. The summed E-state index contributed by atoms with van der Waals surface area (Å²) in [6, 6.07) is 10.9. The van der Waals surface area contributed by atoms with E-state index in [2.05, 4.69) is 5.32 Å². The molecule has 0 atom stereocenters. The van der Waals surface area contributed by atoms with E-state index in [-0.39, 0.29) is 5.57 Å². The quantitative estimate of drug-likeness (QED) is 0.788. The predicted molar refractivity (Wildman–Crippen MR) is 73.4 cm³/mol. The minimum Gasteiger partial charge on any atom is -0.492 e. The van der Waals surface area contributed by atoms with Crippen LogP contribution < -0.4 is 10.1 Å². The maximum Gasteiger partial charge on any atom is 0.145 e. The largest absolute Gasteiger partial charge is 0.492 e. The molecule has 19 heavy (non-hydrogen) atoms. The molecule has 0 radical (unpaired) electrons. The van der Waals surface area contributed by atoms with Crippen molar-refractivity contribution in [2.75, 3.05) is 32.6 Å². The van der Waals surface area contributed by atoms with Crippen LogP contribution in [0.1, 0.15) is 0 Å². The molecule has 0 heterocycles.